The first-order chi connectivity index (χ1) is 11.4. The van der Waals surface area contributed by atoms with Crippen molar-refractivity contribution in [3.63, 3.8) is 0 Å². The quantitative estimate of drug-likeness (QED) is 0.735. The van der Waals surface area contributed by atoms with Crippen LogP contribution in [0.25, 0.3) is 0 Å². The minimum absolute atomic E-state index is 0.151. The number of rotatable bonds is 9. The number of ether oxygens (including phenoxy) is 1. The summed E-state index contributed by atoms with van der Waals surface area (Å²) in [5.41, 5.74) is 1.12. The van der Waals surface area contributed by atoms with E-state index in [1.165, 1.54) is 13.5 Å². The predicted molar refractivity (Wildman–Crippen MR) is 102 cm³/mol. The van der Waals surface area contributed by atoms with E-state index < -0.39 is 10.0 Å². The Balaban J connectivity index is 0.00000163. The summed E-state index contributed by atoms with van der Waals surface area (Å²) in [6.07, 6.45) is 1.86. The Morgan fingerprint density at radius 3 is 2.29 bits per heavy atom. The molecule has 6 heteroatoms. The highest BCUT2D eigenvalue weighted by Gasteiger charge is 2.18. The summed E-state index contributed by atoms with van der Waals surface area (Å²) >= 11 is 0. The van der Waals surface area contributed by atoms with Crippen molar-refractivity contribution >= 4 is 10.0 Å². The van der Waals surface area contributed by atoms with Crippen LogP contribution in [0, 0.1) is 0 Å². The van der Waals surface area contributed by atoms with Crippen LogP contribution in [0.1, 0.15) is 52.1 Å². The smallest absolute Gasteiger partial charge is 0.211 e. The normalized spacial score (nSPS) is 12.5. The lowest BCUT2D eigenvalue weighted by Crippen LogP contribution is -2.31. The number of nitrogens with one attached hydrogen (secondary N) is 1. The fourth-order valence-electron chi connectivity index (χ4n) is 2.39. The van der Waals surface area contributed by atoms with Crippen LogP contribution in [-0.4, -0.2) is 46.3 Å². The summed E-state index contributed by atoms with van der Waals surface area (Å²) in [7, 11) is -0.0111. The molecular weight excluding hydrogens is 324 g/mol. The molecule has 0 radical (unpaired) electrons. The number of para-hydroxylation sites is 1. The molecule has 0 unspecified atom stereocenters. The number of hydrogen-bond donors (Lipinski definition) is 1. The van der Waals surface area contributed by atoms with Crippen molar-refractivity contribution in [2.45, 2.75) is 46.6 Å². The Morgan fingerprint density at radius 2 is 1.79 bits per heavy atom. The molecular formula is C18H34N2O3S. The first-order valence-electron chi connectivity index (χ1n) is 8.64. The number of methoxy groups -OCH3 is 1. The minimum Gasteiger partial charge on any atom is -0.496 e. The molecule has 0 heterocycles. The number of sulfonamides is 1. The zero-order valence-electron chi connectivity index (χ0n) is 16.0. The van der Waals surface area contributed by atoms with Gasteiger partial charge in [-0.25, -0.2) is 13.1 Å². The maximum absolute atomic E-state index is 11.5. The van der Waals surface area contributed by atoms with E-state index in [0.717, 1.165) is 24.4 Å². The molecule has 24 heavy (non-hydrogen) atoms. The highest BCUT2D eigenvalue weighted by molar-refractivity contribution is 7.89. The van der Waals surface area contributed by atoms with E-state index in [4.69, 9.17) is 4.74 Å². The standard InChI is InChI=1S/C15H26N2O3S.C3H8/c1-5-17(11-8-12-21(18,19)16-3)13(2)14-9-6-7-10-15(14)20-4;1-3-2/h6-7,9-10,13,16H,5,8,11-12H2,1-4H3;3H2,1-2H3/t13-;/m0./s1. The number of hydrogen-bond acceptors (Lipinski definition) is 4. The van der Waals surface area contributed by atoms with E-state index >= 15 is 0 Å². The molecule has 1 aromatic carbocycles. The lowest BCUT2D eigenvalue weighted by atomic mass is 10.1. The fraction of sp³-hybridized carbons (Fsp3) is 0.667. The molecule has 1 atom stereocenters. The maximum Gasteiger partial charge on any atom is 0.211 e. The van der Waals surface area contributed by atoms with E-state index in [9.17, 15) is 8.42 Å². The van der Waals surface area contributed by atoms with Crippen molar-refractivity contribution in [2.24, 2.45) is 0 Å². The fourth-order valence-corrected chi connectivity index (χ4v) is 3.11. The van der Waals surface area contributed by atoms with Gasteiger partial charge in [0.1, 0.15) is 5.75 Å². The maximum atomic E-state index is 11.5. The Bertz CT molecular complexity index is 547. The minimum atomic E-state index is -3.13. The highest BCUT2D eigenvalue weighted by Crippen LogP contribution is 2.28. The first kappa shape index (κ1) is 22.9. The second kappa shape index (κ2) is 12.3. The SMILES string of the molecule is CCC.CCN(CCCS(=O)(=O)NC)[C@@H](C)c1ccccc1OC. The van der Waals surface area contributed by atoms with Crippen molar-refractivity contribution in [1.29, 1.82) is 0 Å². The predicted octanol–water partition coefficient (Wildman–Crippen LogP) is 3.43. The zero-order valence-corrected chi connectivity index (χ0v) is 16.8. The molecule has 0 fully saturated rings. The lowest BCUT2D eigenvalue weighted by molar-refractivity contribution is 0.218. The monoisotopic (exact) mass is 358 g/mol. The third-order valence-electron chi connectivity index (χ3n) is 3.71. The van der Waals surface area contributed by atoms with Crippen LogP contribution < -0.4 is 9.46 Å². The molecule has 5 nitrogen and oxygen atoms in total. The van der Waals surface area contributed by atoms with E-state index in [1.807, 2.05) is 18.2 Å². The van der Waals surface area contributed by atoms with Crippen molar-refractivity contribution in [3.05, 3.63) is 29.8 Å². The van der Waals surface area contributed by atoms with E-state index in [2.05, 4.69) is 43.4 Å². The number of benzene rings is 1. The molecule has 0 amide bonds. The van der Waals surface area contributed by atoms with Gasteiger partial charge < -0.3 is 4.74 Å². The molecule has 1 aromatic rings. The van der Waals surface area contributed by atoms with E-state index in [0.29, 0.717) is 6.42 Å². The van der Waals surface area contributed by atoms with E-state index in [1.54, 1.807) is 7.11 Å². The first-order valence-corrected chi connectivity index (χ1v) is 10.3. The van der Waals surface area contributed by atoms with Gasteiger partial charge in [-0.3, -0.25) is 4.90 Å². The molecule has 0 spiro atoms. The number of nitrogens with zero attached hydrogens (tertiary/aromatic N) is 1. The molecule has 140 valence electrons. The van der Waals surface area contributed by atoms with Crippen molar-refractivity contribution in [2.75, 3.05) is 33.0 Å². The molecule has 0 saturated carbocycles. The van der Waals surface area contributed by atoms with Crippen molar-refractivity contribution in [1.82, 2.24) is 9.62 Å². The summed E-state index contributed by atoms with van der Waals surface area (Å²) in [6, 6.07) is 8.13. The van der Waals surface area contributed by atoms with Gasteiger partial charge in [-0.15, -0.1) is 0 Å². The summed E-state index contributed by atoms with van der Waals surface area (Å²) < 4.78 is 30.7. The van der Waals surface area contributed by atoms with Crippen LogP contribution in [0.5, 0.6) is 5.75 Å². The largest absolute Gasteiger partial charge is 0.496 e. The van der Waals surface area contributed by atoms with Crippen LogP contribution >= 0.6 is 0 Å². The lowest BCUT2D eigenvalue weighted by Gasteiger charge is -2.29. The topological polar surface area (TPSA) is 58.6 Å². The average Bonchev–Trinajstić information content (AvgIpc) is 2.58. The second-order valence-corrected chi connectivity index (χ2v) is 7.68. The molecule has 0 bridgehead atoms. The summed E-state index contributed by atoms with van der Waals surface area (Å²) in [4.78, 5) is 2.25. The molecule has 0 aromatic heterocycles. The third-order valence-corrected chi connectivity index (χ3v) is 5.16. The van der Waals surface area contributed by atoms with Crippen molar-refractivity contribution in [3.8, 4) is 5.75 Å². The highest BCUT2D eigenvalue weighted by atomic mass is 32.2. The van der Waals surface area contributed by atoms with Gasteiger partial charge in [-0.1, -0.05) is 45.4 Å². The van der Waals surface area contributed by atoms with Gasteiger partial charge in [0, 0.05) is 11.6 Å². The van der Waals surface area contributed by atoms with E-state index in [-0.39, 0.29) is 11.8 Å². The molecule has 0 saturated heterocycles. The van der Waals surface area contributed by atoms with Crippen LogP contribution in [0.4, 0.5) is 0 Å². The Hall–Kier alpha value is -1.11. The summed E-state index contributed by atoms with van der Waals surface area (Å²) in [5.74, 6) is 1.02. The Kier molecular flexibility index (Phi) is 11.7. The van der Waals surface area contributed by atoms with Gasteiger partial charge in [-0.2, -0.15) is 0 Å². The van der Waals surface area contributed by atoms with Crippen LogP contribution in [0.15, 0.2) is 24.3 Å². The third kappa shape index (κ3) is 8.13. The van der Waals surface area contributed by atoms with Gasteiger partial charge in [0.25, 0.3) is 0 Å². The molecule has 1 N–H and O–H groups in total. The zero-order chi connectivity index (χ0) is 18.6. The van der Waals surface area contributed by atoms with Gasteiger partial charge in [-0.05, 0) is 39.5 Å². The van der Waals surface area contributed by atoms with Gasteiger partial charge in [0.05, 0.1) is 12.9 Å². The van der Waals surface area contributed by atoms with Crippen LogP contribution in [-0.2, 0) is 10.0 Å². The molecule has 0 aliphatic carbocycles. The molecule has 0 aliphatic rings. The van der Waals surface area contributed by atoms with Gasteiger partial charge >= 0.3 is 0 Å². The van der Waals surface area contributed by atoms with Crippen LogP contribution in [0.2, 0.25) is 0 Å². The Labute approximate surface area is 148 Å². The van der Waals surface area contributed by atoms with Gasteiger partial charge in [0.2, 0.25) is 10.0 Å². The Morgan fingerprint density at radius 1 is 1.21 bits per heavy atom. The molecule has 0 aliphatic heterocycles. The average molecular weight is 359 g/mol. The summed E-state index contributed by atoms with van der Waals surface area (Å²) in [5, 5.41) is 0. The van der Waals surface area contributed by atoms with Crippen molar-refractivity contribution < 1.29 is 13.2 Å². The van der Waals surface area contributed by atoms with Crippen LogP contribution in [0.3, 0.4) is 0 Å². The van der Waals surface area contributed by atoms with Gasteiger partial charge in [0.15, 0.2) is 0 Å². The summed E-state index contributed by atoms with van der Waals surface area (Å²) in [6.45, 7) is 10.0. The second-order valence-electron chi connectivity index (χ2n) is 5.63. The molecule has 1 rings (SSSR count).